The molecular formula is C10H13NO4. The minimum absolute atomic E-state index is 0.120. The summed E-state index contributed by atoms with van der Waals surface area (Å²) in [6.45, 7) is 1.66. The Labute approximate surface area is 87.0 Å². The van der Waals surface area contributed by atoms with Crippen molar-refractivity contribution < 1.29 is 20.1 Å². The molecule has 5 heteroatoms. The van der Waals surface area contributed by atoms with Crippen molar-refractivity contribution in [1.82, 2.24) is 5.32 Å². The number of nitrogens with one attached hydrogen (secondary N) is 1. The van der Waals surface area contributed by atoms with Gasteiger partial charge in [0.2, 0.25) is 0 Å². The third kappa shape index (κ3) is 3.47. The first-order valence-corrected chi connectivity index (χ1v) is 4.48. The van der Waals surface area contributed by atoms with Gasteiger partial charge in [0.05, 0.1) is 6.10 Å². The standard InChI is InChI=1S/C10H13NO4/c1-6(12)5-11-10(15)7-2-8(13)4-9(14)3-7/h2-4,6,12-14H,5H2,1H3,(H,11,15). The van der Waals surface area contributed by atoms with Crippen LogP contribution in [0.4, 0.5) is 0 Å². The van der Waals surface area contributed by atoms with Crippen LogP contribution in [0.2, 0.25) is 0 Å². The van der Waals surface area contributed by atoms with Crippen molar-refractivity contribution in [2.24, 2.45) is 0 Å². The molecule has 0 saturated carbocycles. The fraction of sp³-hybridized carbons (Fsp3) is 0.300. The van der Waals surface area contributed by atoms with E-state index >= 15 is 0 Å². The molecule has 0 aliphatic rings. The highest BCUT2D eigenvalue weighted by molar-refractivity contribution is 5.95. The average molecular weight is 211 g/mol. The van der Waals surface area contributed by atoms with Crippen molar-refractivity contribution in [3.8, 4) is 11.5 Å². The lowest BCUT2D eigenvalue weighted by atomic mass is 10.2. The molecule has 0 aromatic heterocycles. The first-order valence-electron chi connectivity index (χ1n) is 4.48. The number of aliphatic hydroxyl groups is 1. The maximum absolute atomic E-state index is 11.4. The maximum Gasteiger partial charge on any atom is 0.251 e. The molecule has 82 valence electrons. The van der Waals surface area contributed by atoms with Crippen LogP contribution in [-0.4, -0.2) is 33.9 Å². The molecule has 0 radical (unpaired) electrons. The molecule has 4 N–H and O–H groups in total. The predicted octanol–water partition coefficient (Wildman–Crippen LogP) is 0.208. The second kappa shape index (κ2) is 4.65. The van der Waals surface area contributed by atoms with Crippen molar-refractivity contribution in [3.05, 3.63) is 23.8 Å². The van der Waals surface area contributed by atoms with Gasteiger partial charge in [-0.2, -0.15) is 0 Å². The zero-order chi connectivity index (χ0) is 11.4. The molecule has 0 saturated heterocycles. The van der Waals surface area contributed by atoms with Crippen molar-refractivity contribution in [2.45, 2.75) is 13.0 Å². The summed E-state index contributed by atoms with van der Waals surface area (Å²) in [5.41, 5.74) is 0.146. The van der Waals surface area contributed by atoms with Crippen LogP contribution in [0.3, 0.4) is 0 Å². The Kier molecular flexibility index (Phi) is 3.51. The van der Waals surface area contributed by atoms with Crippen LogP contribution in [0, 0.1) is 0 Å². The second-order valence-corrected chi connectivity index (χ2v) is 3.30. The molecule has 0 spiro atoms. The van der Waals surface area contributed by atoms with Crippen LogP contribution in [0.1, 0.15) is 17.3 Å². The molecule has 1 aromatic carbocycles. The summed E-state index contributed by atoms with van der Waals surface area (Å²) in [7, 11) is 0. The molecule has 1 rings (SSSR count). The van der Waals surface area contributed by atoms with Crippen LogP contribution < -0.4 is 5.32 Å². The van der Waals surface area contributed by atoms with Gasteiger partial charge in [0, 0.05) is 18.2 Å². The highest BCUT2D eigenvalue weighted by atomic mass is 16.3. The third-order valence-electron chi connectivity index (χ3n) is 1.72. The van der Waals surface area contributed by atoms with Crippen LogP contribution in [-0.2, 0) is 0 Å². The van der Waals surface area contributed by atoms with Gasteiger partial charge in [0.25, 0.3) is 5.91 Å². The van der Waals surface area contributed by atoms with Crippen LogP contribution in [0.25, 0.3) is 0 Å². The van der Waals surface area contributed by atoms with Gasteiger partial charge in [-0.05, 0) is 19.1 Å². The van der Waals surface area contributed by atoms with E-state index in [0.29, 0.717) is 0 Å². The van der Waals surface area contributed by atoms with E-state index in [2.05, 4.69) is 5.32 Å². The number of benzene rings is 1. The Balaban J connectivity index is 2.73. The monoisotopic (exact) mass is 211 g/mol. The first kappa shape index (κ1) is 11.3. The quantitative estimate of drug-likeness (QED) is 0.575. The van der Waals surface area contributed by atoms with E-state index in [-0.39, 0.29) is 23.6 Å². The predicted molar refractivity (Wildman–Crippen MR) is 53.8 cm³/mol. The molecule has 5 nitrogen and oxygen atoms in total. The molecular weight excluding hydrogens is 198 g/mol. The molecule has 1 aromatic rings. The van der Waals surface area contributed by atoms with Crippen molar-refractivity contribution in [2.75, 3.05) is 6.54 Å². The molecule has 1 atom stereocenters. The summed E-state index contributed by atoms with van der Waals surface area (Å²) in [4.78, 5) is 11.4. The van der Waals surface area contributed by atoms with E-state index in [9.17, 15) is 4.79 Å². The maximum atomic E-state index is 11.4. The SMILES string of the molecule is CC(O)CNC(=O)c1cc(O)cc(O)c1. The highest BCUT2D eigenvalue weighted by Crippen LogP contribution is 2.20. The van der Waals surface area contributed by atoms with Gasteiger partial charge >= 0.3 is 0 Å². The molecule has 0 bridgehead atoms. The molecule has 0 aliphatic heterocycles. The zero-order valence-electron chi connectivity index (χ0n) is 8.27. The summed E-state index contributed by atoms with van der Waals surface area (Å²) in [6, 6.07) is 3.60. The Bertz CT molecular complexity index is 342. The fourth-order valence-corrected chi connectivity index (χ4v) is 1.07. The minimum atomic E-state index is -0.639. The molecule has 0 heterocycles. The van der Waals surface area contributed by atoms with Crippen LogP contribution >= 0.6 is 0 Å². The molecule has 0 fully saturated rings. The van der Waals surface area contributed by atoms with E-state index in [1.54, 1.807) is 6.92 Å². The summed E-state index contributed by atoms with van der Waals surface area (Å²) in [5, 5.41) is 29.6. The zero-order valence-corrected chi connectivity index (χ0v) is 8.27. The fourth-order valence-electron chi connectivity index (χ4n) is 1.07. The van der Waals surface area contributed by atoms with Crippen LogP contribution in [0.5, 0.6) is 11.5 Å². The topological polar surface area (TPSA) is 89.8 Å². The number of amides is 1. The number of hydrogen-bond acceptors (Lipinski definition) is 4. The lowest BCUT2D eigenvalue weighted by Crippen LogP contribution is -2.30. The normalized spacial score (nSPS) is 12.1. The molecule has 0 aliphatic carbocycles. The largest absolute Gasteiger partial charge is 0.508 e. The Morgan fingerprint density at radius 2 is 1.87 bits per heavy atom. The van der Waals surface area contributed by atoms with Crippen molar-refractivity contribution in [3.63, 3.8) is 0 Å². The van der Waals surface area contributed by atoms with Crippen LogP contribution in [0.15, 0.2) is 18.2 Å². The summed E-state index contributed by atoms with van der Waals surface area (Å²) in [5.74, 6) is -0.823. The number of rotatable bonds is 3. The third-order valence-corrected chi connectivity index (χ3v) is 1.72. The Hall–Kier alpha value is -1.75. The van der Waals surface area contributed by atoms with E-state index in [4.69, 9.17) is 15.3 Å². The average Bonchev–Trinajstić information content (AvgIpc) is 2.12. The summed E-state index contributed by atoms with van der Waals surface area (Å²) >= 11 is 0. The number of phenolic OH excluding ortho intramolecular Hbond substituents is 2. The van der Waals surface area contributed by atoms with Gasteiger partial charge in [-0.1, -0.05) is 0 Å². The number of phenols is 2. The number of aliphatic hydroxyl groups excluding tert-OH is 1. The van der Waals surface area contributed by atoms with E-state index < -0.39 is 12.0 Å². The van der Waals surface area contributed by atoms with E-state index in [1.165, 1.54) is 12.1 Å². The number of carbonyl (C=O) groups excluding carboxylic acids is 1. The molecule has 1 unspecified atom stereocenters. The Morgan fingerprint density at radius 3 is 2.33 bits per heavy atom. The Morgan fingerprint density at radius 1 is 1.33 bits per heavy atom. The van der Waals surface area contributed by atoms with Crippen molar-refractivity contribution in [1.29, 1.82) is 0 Å². The first-order chi connectivity index (χ1) is 6.99. The van der Waals surface area contributed by atoms with Gasteiger partial charge in [0.1, 0.15) is 11.5 Å². The van der Waals surface area contributed by atoms with Gasteiger partial charge in [-0.15, -0.1) is 0 Å². The van der Waals surface area contributed by atoms with E-state index in [1.807, 2.05) is 0 Å². The highest BCUT2D eigenvalue weighted by Gasteiger charge is 2.08. The lowest BCUT2D eigenvalue weighted by Gasteiger charge is -2.07. The summed E-state index contributed by atoms with van der Waals surface area (Å²) < 4.78 is 0. The minimum Gasteiger partial charge on any atom is -0.508 e. The number of hydrogen-bond donors (Lipinski definition) is 4. The van der Waals surface area contributed by atoms with Gasteiger partial charge in [-0.25, -0.2) is 0 Å². The van der Waals surface area contributed by atoms with Crippen molar-refractivity contribution >= 4 is 5.91 Å². The van der Waals surface area contributed by atoms with Gasteiger partial charge in [0.15, 0.2) is 0 Å². The second-order valence-electron chi connectivity index (χ2n) is 3.30. The summed E-state index contributed by atoms with van der Waals surface area (Å²) in [6.07, 6.45) is -0.639. The van der Waals surface area contributed by atoms with E-state index in [0.717, 1.165) is 6.07 Å². The number of carbonyl (C=O) groups is 1. The molecule has 1 amide bonds. The number of aromatic hydroxyl groups is 2. The molecule has 15 heavy (non-hydrogen) atoms. The van der Waals surface area contributed by atoms with Gasteiger partial charge < -0.3 is 20.6 Å². The lowest BCUT2D eigenvalue weighted by molar-refractivity contribution is 0.0923. The smallest absolute Gasteiger partial charge is 0.251 e. The van der Waals surface area contributed by atoms with Gasteiger partial charge in [-0.3, -0.25) is 4.79 Å².